The van der Waals surface area contributed by atoms with Crippen LogP contribution in [-0.2, 0) is 5.60 Å². The summed E-state index contributed by atoms with van der Waals surface area (Å²) < 4.78 is 0. The van der Waals surface area contributed by atoms with Gasteiger partial charge in [-0.2, -0.15) is 0 Å². The molecule has 0 saturated heterocycles. The predicted molar refractivity (Wildman–Crippen MR) is 55.4 cm³/mol. The Bertz CT molecular complexity index is 292. The minimum Gasteiger partial charge on any atom is -0.381 e. The van der Waals surface area contributed by atoms with Gasteiger partial charge >= 0.3 is 0 Å². The third-order valence-electron chi connectivity index (χ3n) is 1.93. The van der Waals surface area contributed by atoms with E-state index in [1.54, 1.807) is 6.92 Å². The molecular formula is C12H16O. The normalized spacial score (nSPS) is 14.8. The Balaban J connectivity index is 3.01. The molecule has 0 spiro atoms. The van der Waals surface area contributed by atoms with Crippen molar-refractivity contribution in [3.05, 3.63) is 47.5 Å². The molecule has 1 nitrogen and oxygen atoms in total. The van der Waals surface area contributed by atoms with Crippen molar-refractivity contribution in [2.24, 2.45) is 0 Å². The van der Waals surface area contributed by atoms with Crippen LogP contribution in [0, 0.1) is 0 Å². The molecule has 1 aromatic rings. The average Bonchev–Trinajstić information content (AvgIpc) is 2.04. The summed E-state index contributed by atoms with van der Waals surface area (Å²) in [4.78, 5) is 0. The van der Waals surface area contributed by atoms with Gasteiger partial charge in [-0.3, -0.25) is 0 Å². The first-order valence-corrected chi connectivity index (χ1v) is 4.46. The summed E-state index contributed by atoms with van der Waals surface area (Å²) in [5, 5.41) is 10.1. The molecule has 1 rings (SSSR count). The average molecular weight is 176 g/mol. The van der Waals surface area contributed by atoms with Gasteiger partial charge in [-0.1, -0.05) is 42.0 Å². The molecule has 70 valence electrons. The Kier molecular flexibility index (Phi) is 2.89. The summed E-state index contributed by atoms with van der Waals surface area (Å²) in [5.74, 6) is 0. The fourth-order valence-electron chi connectivity index (χ4n) is 1.42. The molecule has 0 aliphatic heterocycles. The van der Waals surface area contributed by atoms with E-state index >= 15 is 0 Å². The van der Waals surface area contributed by atoms with Gasteiger partial charge in [0.2, 0.25) is 0 Å². The molecule has 0 aliphatic carbocycles. The number of aliphatic hydroxyl groups is 1. The molecule has 0 aromatic heterocycles. The van der Waals surface area contributed by atoms with Crippen LogP contribution in [0.3, 0.4) is 0 Å². The van der Waals surface area contributed by atoms with Crippen molar-refractivity contribution in [2.75, 3.05) is 0 Å². The highest BCUT2D eigenvalue weighted by molar-refractivity contribution is 5.27. The summed E-state index contributed by atoms with van der Waals surface area (Å²) in [6.07, 6.45) is 1.86. The molecule has 0 unspecified atom stereocenters. The molecule has 0 fully saturated rings. The van der Waals surface area contributed by atoms with Gasteiger partial charge in [0.05, 0.1) is 0 Å². The van der Waals surface area contributed by atoms with E-state index in [2.05, 4.69) is 0 Å². The van der Waals surface area contributed by atoms with Crippen LogP contribution in [0.15, 0.2) is 42.0 Å². The molecule has 0 heterocycles. The third kappa shape index (κ3) is 2.71. The van der Waals surface area contributed by atoms with Crippen LogP contribution in [0.2, 0.25) is 0 Å². The van der Waals surface area contributed by atoms with Crippen LogP contribution in [0.1, 0.15) is 26.3 Å². The van der Waals surface area contributed by atoms with Crippen molar-refractivity contribution in [1.82, 2.24) is 0 Å². The lowest BCUT2D eigenvalue weighted by atomic mass is 9.94. The smallest absolute Gasteiger partial charge is 0.105 e. The third-order valence-corrected chi connectivity index (χ3v) is 1.93. The maximum Gasteiger partial charge on any atom is 0.105 e. The molecule has 0 amide bonds. The summed E-state index contributed by atoms with van der Waals surface area (Å²) in [7, 11) is 0. The van der Waals surface area contributed by atoms with Gasteiger partial charge in [0, 0.05) is 0 Å². The largest absolute Gasteiger partial charge is 0.381 e. The quantitative estimate of drug-likeness (QED) is 0.687. The van der Waals surface area contributed by atoms with E-state index in [-0.39, 0.29) is 0 Å². The van der Waals surface area contributed by atoms with Gasteiger partial charge < -0.3 is 5.11 Å². The molecular weight excluding hydrogens is 160 g/mol. The van der Waals surface area contributed by atoms with Crippen LogP contribution in [0.5, 0.6) is 0 Å². The second kappa shape index (κ2) is 3.75. The Hall–Kier alpha value is -1.08. The van der Waals surface area contributed by atoms with Crippen LogP contribution < -0.4 is 0 Å². The zero-order valence-corrected chi connectivity index (χ0v) is 8.41. The van der Waals surface area contributed by atoms with Gasteiger partial charge in [-0.15, -0.1) is 0 Å². The van der Waals surface area contributed by atoms with E-state index in [0.717, 1.165) is 11.1 Å². The maximum atomic E-state index is 10.1. The first-order valence-electron chi connectivity index (χ1n) is 4.46. The van der Waals surface area contributed by atoms with Crippen molar-refractivity contribution < 1.29 is 5.11 Å². The lowest BCUT2D eigenvalue weighted by molar-refractivity contribution is 0.110. The highest BCUT2D eigenvalue weighted by atomic mass is 16.3. The van der Waals surface area contributed by atoms with Gasteiger partial charge in [0.15, 0.2) is 0 Å². The van der Waals surface area contributed by atoms with Gasteiger partial charge in [0.1, 0.15) is 5.60 Å². The van der Waals surface area contributed by atoms with Crippen LogP contribution in [0.4, 0.5) is 0 Å². The van der Waals surface area contributed by atoms with E-state index in [4.69, 9.17) is 0 Å². The first kappa shape index (κ1) is 10.0. The van der Waals surface area contributed by atoms with Crippen LogP contribution >= 0.6 is 0 Å². The molecule has 1 aromatic carbocycles. The van der Waals surface area contributed by atoms with E-state index in [1.165, 1.54) is 0 Å². The van der Waals surface area contributed by atoms with Crippen molar-refractivity contribution >= 4 is 0 Å². The zero-order valence-electron chi connectivity index (χ0n) is 8.41. The fraction of sp³-hybridized carbons (Fsp3) is 0.333. The van der Waals surface area contributed by atoms with Crippen LogP contribution in [-0.4, -0.2) is 5.11 Å². The summed E-state index contributed by atoms with van der Waals surface area (Å²) in [6.45, 7) is 5.77. The summed E-state index contributed by atoms with van der Waals surface area (Å²) in [6, 6.07) is 9.67. The second-order valence-corrected chi connectivity index (χ2v) is 3.74. The topological polar surface area (TPSA) is 20.2 Å². The SMILES string of the molecule is CC(C)=C[C@](C)(O)c1ccccc1. The highest BCUT2D eigenvalue weighted by Crippen LogP contribution is 2.22. The van der Waals surface area contributed by atoms with Crippen molar-refractivity contribution in [2.45, 2.75) is 26.4 Å². The number of rotatable bonds is 2. The Labute approximate surface area is 79.7 Å². The summed E-state index contributed by atoms with van der Waals surface area (Å²) in [5.41, 5.74) is 1.20. The minimum absolute atomic E-state index is 0.847. The highest BCUT2D eigenvalue weighted by Gasteiger charge is 2.18. The van der Waals surface area contributed by atoms with Gasteiger partial charge in [-0.25, -0.2) is 0 Å². The predicted octanol–water partition coefficient (Wildman–Crippen LogP) is 2.86. The minimum atomic E-state index is -0.847. The maximum absolute atomic E-state index is 10.1. The molecule has 0 radical (unpaired) electrons. The van der Waals surface area contributed by atoms with E-state index in [9.17, 15) is 5.11 Å². The molecule has 13 heavy (non-hydrogen) atoms. The van der Waals surface area contributed by atoms with Crippen LogP contribution in [0.25, 0.3) is 0 Å². The zero-order chi connectivity index (χ0) is 9.90. The van der Waals surface area contributed by atoms with E-state index in [1.807, 2.05) is 50.3 Å². The summed E-state index contributed by atoms with van der Waals surface area (Å²) >= 11 is 0. The number of hydrogen-bond acceptors (Lipinski definition) is 1. The molecule has 1 N–H and O–H groups in total. The first-order chi connectivity index (χ1) is 6.02. The lowest BCUT2D eigenvalue weighted by Crippen LogP contribution is -2.17. The number of benzene rings is 1. The van der Waals surface area contributed by atoms with Crippen molar-refractivity contribution in [3.63, 3.8) is 0 Å². The Morgan fingerprint density at radius 1 is 1.23 bits per heavy atom. The monoisotopic (exact) mass is 176 g/mol. The van der Waals surface area contributed by atoms with Gasteiger partial charge in [-0.05, 0) is 26.3 Å². The molecule has 0 bridgehead atoms. The van der Waals surface area contributed by atoms with E-state index in [0.29, 0.717) is 0 Å². The number of allylic oxidation sites excluding steroid dienone is 1. The standard InChI is InChI=1S/C12H16O/c1-10(2)9-12(3,13)11-7-5-4-6-8-11/h4-9,13H,1-3H3/t12-/m0/s1. The lowest BCUT2D eigenvalue weighted by Gasteiger charge is -2.20. The van der Waals surface area contributed by atoms with Crippen molar-refractivity contribution in [3.8, 4) is 0 Å². The molecule has 1 atom stereocenters. The Morgan fingerprint density at radius 3 is 2.23 bits per heavy atom. The number of hydrogen-bond donors (Lipinski definition) is 1. The molecule has 0 saturated carbocycles. The molecule has 0 aliphatic rings. The fourth-order valence-corrected chi connectivity index (χ4v) is 1.42. The van der Waals surface area contributed by atoms with E-state index < -0.39 is 5.60 Å². The van der Waals surface area contributed by atoms with Crippen molar-refractivity contribution in [1.29, 1.82) is 0 Å². The Morgan fingerprint density at radius 2 is 1.77 bits per heavy atom. The second-order valence-electron chi connectivity index (χ2n) is 3.74. The van der Waals surface area contributed by atoms with Gasteiger partial charge in [0.25, 0.3) is 0 Å². The molecule has 1 heteroatoms.